The Kier molecular flexibility index (Phi) is 11.9. The fourth-order valence-electron chi connectivity index (χ4n) is 4.19. The van der Waals surface area contributed by atoms with Crippen LogP contribution in [0.4, 0.5) is 0 Å². The lowest BCUT2D eigenvalue weighted by Gasteiger charge is -2.15. The molecule has 0 saturated heterocycles. The molecule has 2 heterocycles. The molecule has 42 heavy (non-hydrogen) atoms. The SMILES string of the molecule is C[C@@H](Oc1cc2onc(CCC(=O)O)c2cc1Cl)c1ccccn1.c1ccc(CNCCNCc2ccccc2)cc1. The lowest BCUT2D eigenvalue weighted by Crippen LogP contribution is -2.26. The van der Waals surface area contributed by atoms with Crippen LogP contribution in [-0.4, -0.2) is 34.3 Å². The van der Waals surface area contributed by atoms with E-state index >= 15 is 0 Å². The van der Waals surface area contributed by atoms with Crippen molar-refractivity contribution in [3.8, 4) is 5.75 Å². The van der Waals surface area contributed by atoms with Crippen molar-refractivity contribution in [2.45, 2.75) is 39.0 Å². The molecule has 0 aliphatic carbocycles. The zero-order valence-corrected chi connectivity index (χ0v) is 24.3. The highest BCUT2D eigenvalue weighted by Gasteiger charge is 2.16. The number of carboxylic acid groups (broad SMARTS) is 1. The molecule has 5 rings (SSSR count). The second kappa shape index (κ2) is 16.3. The van der Waals surface area contributed by atoms with E-state index in [-0.39, 0.29) is 18.9 Å². The number of hydrogen-bond donors (Lipinski definition) is 3. The third-order valence-corrected chi connectivity index (χ3v) is 6.70. The van der Waals surface area contributed by atoms with Gasteiger partial charge in [-0.05, 0) is 36.2 Å². The van der Waals surface area contributed by atoms with Crippen LogP contribution in [0, 0.1) is 0 Å². The Balaban J connectivity index is 0.000000201. The summed E-state index contributed by atoms with van der Waals surface area (Å²) < 4.78 is 11.1. The smallest absolute Gasteiger partial charge is 0.303 e. The van der Waals surface area contributed by atoms with Gasteiger partial charge in [0.2, 0.25) is 0 Å². The molecule has 9 heteroatoms. The van der Waals surface area contributed by atoms with Gasteiger partial charge in [-0.25, -0.2) is 0 Å². The van der Waals surface area contributed by atoms with Crippen LogP contribution in [0.1, 0.15) is 42.0 Å². The van der Waals surface area contributed by atoms with Gasteiger partial charge in [-0.3, -0.25) is 9.78 Å². The van der Waals surface area contributed by atoms with Crippen LogP contribution in [0.15, 0.2) is 102 Å². The van der Waals surface area contributed by atoms with E-state index in [2.05, 4.69) is 69.3 Å². The second-order valence-electron chi connectivity index (χ2n) is 9.64. The molecule has 3 N–H and O–H groups in total. The molecule has 0 radical (unpaired) electrons. The second-order valence-corrected chi connectivity index (χ2v) is 10.0. The quantitative estimate of drug-likeness (QED) is 0.132. The molecular weight excluding hydrogens is 552 g/mol. The van der Waals surface area contributed by atoms with Crippen LogP contribution < -0.4 is 15.4 Å². The van der Waals surface area contributed by atoms with Gasteiger partial charge in [0.25, 0.3) is 0 Å². The maximum atomic E-state index is 10.7. The summed E-state index contributed by atoms with van der Waals surface area (Å²) in [6, 6.07) is 29.9. The number of nitrogens with one attached hydrogen (secondary N) is 2. The number of halogens is 1. The molecule has 0 spiro atoms. The summed E-state index contributed by atoms with van der Waals surface area (Å²) in [6.07, 6.45) is 1.68. The summed E-state index contributed by atoms with van der Waals surface area (Å²) in [6.45, 7) is 5.73. The molecule has 0 aliphatic heterocycles. The van der Waals surface area contributed by atoms with Gasteiger partial charge in [0.15, 0.2) is 5.58 Å². The number of aliphatic carboxylic acids is 1. The number of rotatable bonds is 13. The number of pyridine rings is 1. The number of aromatic nitrogens is 2. The number of carboxylic acids is 1. The average molecular weight is 587 g/mol. The Labute approximate surface area is 250 Å². The Morgan fingerprint density at radius 1 is 0.929 bits per heavy atom. The van der Waals surface area contributed by atoms with Crippen molar-refractivity contribution in [1.29, 1.82) is 0 Å². The zero-order chi connectivity index (χ0) is 29.6. The van der Waals surface area contributed by atoms with Crippen molar-refractivity contribution in [2.24, 2.45) is 0 Å². The van der Waals surface area contributed by atoms with Gasteiger partial charge in [0, 0.05) is 50.2 Å². The van der Waals surface area contributed by atoms with Crippen LogP contribution in [-0.2, 0) is 24.3 Å². The number of fused-ring (bicyclic) bond motifs is 1. The minimum absolute atomic E-state index is 0.0196. The number of aryl methyl sites for hydroxylation is 1. The average Bonchev–Trinajstić information content (AvgIpc) is 3.41. The number of ether oxygens (including phenoxy) is 1. The number of nitrogens with zero attached hydrogens (tertiary/aromatic N) is 2. The Bertz CT molecular complexity index is 1470. The van der Waals surface area contributed by atoms with Crippen LogP contribution >= 0.6 is 11.6 Å². The topological polar surface area (TPSA) is 110 Å². The molecule has 0 amide bonds. The molecule has 0 fully saturated rings. The van der Waals surface area contributed by atoms with E-state index in [0.717, 1.165) is 31.9 Å². The summed E-state index contributed by atoms with van der Waals surface area (Å²) in [5.41, 5.74) is 4.52. The first kappa shape index (κ1) is 30.7. The minimum atomic E-state index is -0.888. The van der Waals surface area contributed by atoms with Crippen LogP contribution in [0.2, 0.25) is 5.02 Å². The van der Waals surface area contributed by atoms with Gasteiger partial charge in [-0.15, -0.1) is 0 Å². The highest BCUT2D eigenvalue weighted by Crippen LogP contribution is 2.34. The number of benzene rings is 3. The fraction of sp³-hybridized carbons (Fsp3) is 0.242. The summed E-state index contributed by atoms with van der Waals surface area (Å²) in [5.74, 6) is -0.426. The molecule has 1 atom stereocenters. The highest BCUT2D eigenvalue weighted by atomic mass is 35.5. The Morgan fingerprint density at radius 2 is 1.55 bits per heavy atom. The fourth-order valence-corrected chi connectivity index (χ4v) is 4.39. The first-order valence-electron chi connectivity index (χ1n) is 13.9. The van der Waals surface area contributed by atoms with E-state index in [0.29, 0.717) is 27.4 Å². The summed E-state index contributed by atoms with van der Waals surface area (Å²) >= 11 is 6.30. The molecule has 0 bridgehead atoms. The summed E-state index contributed by atoms with van der Waals surface area (Å²) in [5, 5.41) is 20.7. The molecular formula is C33H35ClN4O4. The number of carbonyl (C=O) groups is 1. The van der Waals surface area contributed by atoms with E-state index in [1.54, 1.807) is 18.3 Å². The predicted molar refractivity (Wildman–Crippen MR) is 165 cm³/mol. The van der Waals surface area contributed by atoms with Gasteiger partial charge in [0.05, 0.1) is 22.8 Å². The van der Waals surface area contributed by atoms with E-state index in [1.807, 2.05) is 37.3 Å². The van der Waals surface area contributed by atoms with Gasteiger partial charge in [-0.1, -0.05) is 83.5 Å². The maximum absolute atomic E-state index is 10.7. The molecule has 3 aromatic carbocycles. The standard InChI is InChI=1S/C17H15ClN2O4.C16H20N2/c1-10(13-4-2-3-7-19-13)23-16-9-15-11(8-12(16)18)14(20-24-15)5-6-17(21)22;1-3-7-15(8-4-1)13-17-11-12-18-14-16-9-5-2-6-10-16/h2-4,7-10H,5-6H2,1H3,(H,21,22);1-10,17-18H,11-14H2/t10-;/m1./s1. The van der Waals surface area contributed by atoms with Crippen molar-refractivity contribution >= 4 is 28.5 Å². The molecule has 0 unspecified atom stereocenters. The summed E-state index contributed by atoms with van der Waals surface area (Å²) in [7, 11) is 0. The molecule has 0 saturated carbocycles. The predicted octanol–water partition coefficient (Wildman–Crippen LogP) is 6.60. The third kappa shape index (κ3) is 9.69. The summed E-state index contributed by atoms with van der Waals surface area (Å²) in [4.78, 5) is 14.9. The van der Waals surface area contributed by atoms with Gasteiger partial charge < -0.3 is 25.0 Å². The van der Waals surface area contributed by atoms with E-state index in [4.69, 9.17) is 26.0 Å². The van der Waals surface area contributed by atoms with Crippen molar-refractivity contribution in [1.82, 2.24) is 20.8 Å². The maximum Gasteiger partial charge on any atom is 0.303 e. The molecule has 0 aliphatic rings. The Morgan fingerprint density at radius 3 is 2.12 bits per heavy atom. The molecule has 2 aromatic heterocycles. The normalized spacial score (nSPS) is 11.5. The van der Waals surface area contributed by atoms with Gasteiger partial charge >= 0.3 is 5.97 Å². The molecule has 5 aromatic rings. The third-order valence-electron chi connectivity index (χ3n) is 6.41. The van der Waals surface area contributed by atoms with Crippen molar-refractivity contribution in [3.63, 3.8) is 0 Å². The Hall–Kier alpha value is -4.24. The van der Waals surface area contributed by atoms with E-state index < -0.39 is 5.97 Å². The lowest BCUT2D eigenvalue weighted by molar-refractivity contribution is -0.136. The van der Waals surface area contributed by atoms with E-state index in [1.165, 1.54) is 11.1 Å². The molecule has 218 valence electrons. The van der Waals surface area contributed by atoms with E-state index in [9.17, 15) is 4.79 Å². The van der Waals surface area contributed by atoms with Gasteiger partial charge in [0.1, 0.15) is 11.9 Å². The molecule has 8 nitrogen and oxygen atoms in total. The monoisotopic (exact) mass is 586 g/mol. The van der Waals surface area contributed by atoms with Crippen molar-refractivity contribution < 1.29 is 19.2 Å². The largest absolute Gasteiger partial charge is 0.483 e. The van der Waals surface area contributed by atoms with Crippen molar-refractivity contribution in [2.75, 3.05) is 13.1 Å². The lowest BCUT2D eigenvalue weighted by atomic mass is 10.1. The first-order chi connectivity index (χ1) is 20.5. The first-order valence-corrected chi connectivity index (χ1v) is 14.2. The van der Waals surface area contributed by atoms with Gasteiger partial charge in [-0.2, -0.15) is 0 Å². The highest BCUT2D eigenvalue weighted by molar-refractivity contribution is 6.32. The van der Waals surface area contributed by atoms with Crippen LogP contribution in [0.3, 0.4) is 0 Å². The minimum Gasteiger partial charge on any atom is -0.483 e. The number of hydrogen-bond acceptors (Lipinski definition) is 7. The van der Waals surface area contributed by atoms with Crippen molar-refractivity contribution in [3.05, 3.63) is 125 Å². The van der Waals surface area contributed by atoms with Crippen LogP contribution in [0.25, 0.3) is 11.0 Å². The zero-order valence-electron chi connectivity index (χ0n) is 23.5. The van der Waals surface area contributed by atoms with Crippen LogP contribution in [0.5, 0.6) is 5.75 Å².